The number of hydrogen-bond donors (Lipinski definition) is 0. The molecule has 0 amide bonds. The molecule has 2 aromatic heterocycles. The SMILES string of the molecule is c1ccc(-c2ccccc2N(c2ccc(-c3cccc4c3oc3ccccc34)cc2)c2ccccc2-c2cccc3oc4ccccc4c23)c(-c2ccc3ccccc3c2)c1. The molecule has 61 heavy (non-hydrogen) atoms. The van der Waals surface area contributed by atoms with Crippen LogP contribution in [0, 0.1) is 0 Å². The van der Waals surface area contributed by atoms with Crippen LogP contribution >= 0.6 is 0 Å². The summed E-state index contributed by atoms with van der Waals surface area (Å²) in [4.78, 5) is 2.43. The molecule has 12 aromatic rings. The Labute approximate surface area is 353 Å². The molecule has 3 heteroatoms. The lowest BCUT2D eigenvalue weighted by Gasteiger charge is -2.30. The van der Waals surface area contributed by atoms with E-state index in [-0.39, 0.29) is 0 Å². The van der Waals surface area contributed by atoms with Crippen molar-refractivity contribution in [1.29, 1.82) is 0 Å². The van der Waals surface area contributed by atoms with Gasteiger partial charge in [0.2, 0.25) is 0 Å². The van der Waals surface area contributed by atoms with E-state index in [1.807, 2.05) is 24.3 Å². The number of rotatable bonds is 7. The van der Waals surface area contributed by atoms with Gasteiger partial charge in [-0.25, -0.2) is 0 Å². The number of hydrogen-bond acceptors (Lipinski definition) is 3. The van der Waals surface area contributed by atoms with E-state index in [0.29, 0.717) is 0 Å². The van der Waals surface area contributed by atoms with E-state index < -0.39 is 0 Å². The molecule has 3 nitrogen and oxygen atoms in total. The van der Waals surface area contributed by atoms with Gasteiger partial charge in [0.15, 0.2) is 0 Å². The maximum atomic E-state index is 6.50. The molecule has 0 aliphatic heterocycles. The molecule has 0 saturated heterocycles. The van der Waals surface area contributed by atoms with E-state index >= 15 is 0 Å². The second-order valence-electron chi connectivity index (χ2n) is 15.6. The largest absolute Gasteiger partial charge is 0.456 e. The van der Waals surface area contributed by atoms with Crippen molar-refractivity contribution in [2.24, 2.45) is 0 Å². The van der Waals surface area contributed by atoms with Crippen LogP contribution < -0.4 is 4.90 Å². The van der Waals surface area contributed by atoms with E-state index in [4.69, 9.17) is 8.83 Å². The minimum atomic E-state index is 0.869. The quantitative estimate of drug-likeness (QED) is 0.161. The maximum absolute atomic E-state index is 6.50. The van der Waals surface area contributed by atoms with Crippen molar-refractivity contribution in [3.05, 3.63) is 224 Å². The van der Waals surface area contributed by atoms with Crippen LogP contribution in [0.1, 0.15) is 0 Å². The van der Waals surface area contributed by atoms with Gasteiger partial charge < -0.3 is 13.7 Å². The van der Waals surface area contributed by atoms with E-state index in [0.717, 1.165) is 94.3 Å². The van der Waals surface area contributed by atoms with Crippen LogP contribution in [0.15, 0.2) is 233 Å². The van der Waals surface area contributed by atoms with Crippen LogP contribution in [0.2, 0.25) is 0 Å². The van der Waals surface area contributed by atoms with Crippen LogP contribution in [0.5, 0.6) is 0 Å². The summed E-state index contributed by atoms with van der Waals surface area (Å²) in [6.07, 6.45) is 0. The molecule has 0 unspecified atom stereocenters. The number of anilines is 3. The first kappa shape index (κ1) is 34.9. The highest BCUT2D eigenvalue weighted by molar-refractivity contribution is 6.14. The molecule has 10 aromatic carbocycles. The number of furan rings is 2. The zero-order valence-corrected chi connectivity index (χ0v) is 33.1. The van der Waals surface area contributed by atoms with Crippen molar-refractivity contribution >= 4 is 71.7 Å². The van der Waals surface area contributed by atoms with Crippen LogP contribution in [-0.2, 0) is 0 Å². The maximum Gasteiger partial charge on any atom is 0.143 e. The Morgan fingerprint density at radius 3 is 1.61 bits per heavy atom. The van der Waals surface area contributed by atoms with Gasteiger partial charge >= 0.3 is 0 Å². The molecule has 0 saturated carbocycles. The molecule has 286 valence electrons. The first-order valence-corrected chi connectivity index (χ1v) is 20.7. The van der Waals surface area contributed by atoms with Crippen molar-refractivity contribution in [2.75, 3.05) is 4.90 Å². The average Bonchev–Trinajstić information content (AvgIpc) is 3.91. The highest BCUT2D eigenvalue weighted by Gasteiger charge is 2.24. The van der Waals surface area contributed by atoms with Gasteiger partial charge in [0.1, 0.15) is 22.3 Å². The van der Waals surface area contributed by atoms with Crippen LogP contribution in [0.4, 0.5) is 17.1 Å². The first-order valence-electron chi connectivity index (χ1n) is 20.7. The minimum Gasteiger partial charge on any atom is -0.456 e. The lowest BCUT2D eigenvalue weighted by Crippen LogP contribution is -2.12. The molecule has 0 spiro atoms. The Kier molecular flexibility index (Phi) is 8.17. The number of fused-ring (bicyclic) bond motifs is 7. The topological polar surface area (TPSA) is 29.5 Å². The monoisotopic (exact) mass is 779 g/mol. The standard InChI is InChI=1S/C58H37NO2/c1-2-16-40-37-41(32-31-38(40)15-1)43-17-3-4-18-45(43)46-19-5-9-26-52(46)59(42-35-33-39(34-36-42)44-23-13-25-50-48-21-7-11-28-54(48)61-58(44)50)53-27-10-6-20-47(53)49-24-14-30-56-57(49)51-22-8-12-29-55(51)60-56/h1-37H. The summed E-state index contributed by atoms with van der Waals surface area (Å²) in [7, 11) is 0. The fourth-order valence-corrected chi connectivity index (χ4v) is 9.29. The highest BCUT2D eigenvalue weighted by atomic mass is 16.3. The van der Waals surface area contributed by atoms with Gasteiger partial charge in [0.25, 0.3) is 0 Å². The van der Waals surface area contributed by atoms with Crippen molar-refractivity contribution < 1.29 is 8.83 Å². The normalized spacial score (nSPS) is 11.6. The lowest BCUT2D eigenvalue weighted by molar-refractivity contribution is 0.669. The number of nitrogens with zero attached hydrogens (tertiary/aromatic N) is 1. The summed E-state index contributed by atoms with van der Waals surface area (Å²) < 4.78 is 12.9. The molecule has 2 heterocycles. The number of benzene rings is 10. The van der Waals surface area contributed by atoms with E-state index in [9.17, 15) is 0 Å². The molecular weight excluding hydrogens is 743 g/mol. The smallest absolute Gasteiger partial charge is 0.143 e. The third-order valence-electron chi connectivity index (χ3n) is 12.1. The molecule has 0 radical (unpaired) electrons. The summed E-state index contributed by atoms with van der Waals surface area (Å²) >= 11 is 0. The van der Waals surface area contributed by atoms with Gasteiger partial charge in [-0.3, -0.25) is 0 Å². The second-order valence-corrected chi connectivity index (χ2v) is 15.6. The first-order chi connectivity index (χ1) is 30.3. The Hall–Kier alpha value is -8.14. The predicted octanol–water partition coefficient (Wildman–Crippen LogP) is 16.8. The van der Waals surface area contributed by atoms with Gasteiger partial charge in [-0.05, 0) is 87.1 Å². The Bertz CT molecular complexity index is 3610. The van der Waals surface area contributed by atoms with E-state index in [1.165, 1.54) is 21.9 Å². The fraction of sp³-hybridized carbons (Fsp3) is 0. The van der Waals surface area contributed by atoms with Gasteiger partial charge in [0.05, 0.1) is 11.4 Å². The van der Waals surface area contributed by atoms with Crippen molar-refractivity contribution in [3.63, 3.8) is 0 Å². The Morgan fingerprint density at radius 1 is 0.295 bits per heavy atom. The average molecular weight is 780 g/mol. The third kappa shape index (κ3) is 5.82. The molecular formula is C58H37NO2. The molecule has 0 N–H and O–H groups in total. The molecule has 0 aliphatic rings. The van der Waals surface area contributed by atoms with Gasteiger partial charge in [-0.1, -0.05) is 176 Å². The van der Waals surface area contributed by atoms with E-state index in [2.05, 4.69) is 205 Å². The van der Waals surface area contributed by atoms with Gasteiger partial charge in [-0.2, -0.15) is 0 Å². The van der Waals surface area contributed by atoms with Crippen molar-refractivity contribution in [2.45, 2.75) is 0 Å². The lowest BCUT2D eigenvalue weighted by atomic mass is 9.91. The van der Waals surface area contributed by atoms with Crippen LogP contribution in [0.3, 0.4) is 0 Å². The molecule has 0 bridgehead atoms. The molecule has 0 aliphatic carbocycles. The van der Waals surface area contributed by atoms with E-state index in [1.54, 1.807) is 0 Å². The molecule has 0 fully saturated rings. The van der Waals surface area contributed by atoms with Crippen molar-refractivity contribution in [1.82, 2.24) is 0 Å². The van der Waals surface area contributed by atoms with Gasteiger partial charge in [0, 0.05) is 43.9 Å². The third-order valence-corrected chi connectivity index (χ3v) is 12.1. The van der Waals surface area contributed by atoms with Gasteiger partial charge in [-0.15, -0.1) is 0 Å². The van der Waals surface area contributed by atoms with Crippen molar-refractivity contribution in [3.8, 4) is 44.5 Å². The second kappa shape index (κ2) is 14.3. The number of para-hydroxylation sites is 5. The fourth-order valence-electron chi connectivity index (χ4n) is 9.29. The highest BCUT2D eigenvalue weighted by Crippen LogP contribution is 2.49. The van der Waals surface area contributed by atoms with Crippen LogP contribution in [0.25, 0.3) is 99.2 Å². The summed E-state index contributed by atoms with van der Waals surface area (Å²) in [5.41, 5.74) is 15.7. The summed E-state index contributed by atoms with van der Waals surface area (Å²) in [5.74, 6) is 0. The Balaban J connectivity index is 1.08. The molecule has 0 atom stereocenters. The van der Waals surface area contributed by atoms with Crippen LogP contribution in [-0.4, -0.2) is 0 Å². The molecule has 12 rings (SSSR count). The Morgan fingerprint density at radius 2 is 0.820 bits per heavy atom. The summed E-state index contributed by atoms with van der Waals surface area (Å²) in [5, 5.41) is 6.90. The summed E-state index contributed by atoms with van der Waals surface area (Å²) in [6, 6.07) is 80.0. The summed E-state index contributed by atoms with van der Waals surface area (Å²) in [6.45, 7) is 0. The minimum absolute atomic E-state index is 0.869. The predicted molar refractivity (Wildman–Crippen MR) is 255 cm³/mol. The zero-order valence-electron chi connectivity index (χ0n) is 33.1. The zero-order chi connectivity index (χ0) is 40.3.